The number of carbonyl (C=O) groups is 1. The zero-order valence-corrected chi connectivity index (χ0v) is 12.5. The van der Waals surface area contributed by atoms with E-state index in [0.717, 1.165) is 17.6 Å². The van der Waals surface area contributed by atoms with Crippen LogP contribution in [0.1, 0.15) is 16.6 Å². The molecule has 4 N–H and O–H groups in total. The molecule has 0 aromatic carbocycles. The van der Waals surface area contributed by atoms with Crippen LogP contribution in [-0.2, 0) is 9.84 Å². The lowest BCUT2D eigenvalue weighted by molar-refractivity contribution is 0.0960. The van der Waals surface area contributed by atoms with E-state index < -0.39 is 28.7 Å². The number of halogens is 2. The Hall–Kier alpha value is -1.42. The third kappa shape index (κ3) is 3.79. The highest BCUT2D eigenvalue weighted by Gasteiger charge is 2.27. The van der Waals surface area contributed by atoms with Crippen molar-refractivity contribution in [3.63, 3.8) is 0 Å². The molecule has 0 bridgehead atoms. The first-order chi connectivity index (χ1) is 9.18. The second-order valence-electron chi connectivity index (χ2n) is 3.91. The Bertz CT molecular complexity index is 599. The average molecular weight is 327 g/mol. The standard InChI is InChI=1S/C10H15F2N3O3S2/c1-3-14-9(16)7-6(13)8(20(2,17)18)10(19-7)15-4-5(11)12/h5,15H,3-4,13H2,1-2H3,(H,14,16). The first-order valence-corrected chi connectivity index (χ1v) is 8.31. The van der Waals surface area contributed by atoms with Gasteiger partial charge in [-0.25, -0.2) is 17.2 Å². The van der Waals surface area contributed by atoms with E-state index in [1.807, 2.05) is 0 Å². The van der Waals surface area contributed by atoms with E-state index in [2.05, 4.69) is 10.6 Å². The molecule has 0 fully saturated rings. The first-order valence-electron chi connectivity index (χ1n) is 5.61. The van der Waals surface area contributed by atoms with Crippen LogP contribution in [-0.4, -0.2) is 40.1 Å². The maximum Gasteiger partial charge on any atom is 0.263 e. The third-order valence-corrected chi connectivity index (χ3v) is 4.69. The van der Waals surface area contributed by atoms with Gasteiger partial charge in [0, 0.05) is 12.8 Å². The molecule has 0 radical (unpaired) electrons. The van der Waals surface area contributed by atoms with Crippen LogP contribution < -0.4 is 16.4 Å². The van der Waals surface area contributed by atoms with Gasteiger partial charge in [-0.2, -0.15) is 0 Å². The number of alkyl halides is 2. The van der Waals surface area contributed by atoms with Gasteiger partial charge < -0.3 is 16.4 Å². The first kappa shape index (κ1) is 16.6. The lowest BCUT2D eigenvalue weighted by atomic mass is 10.3. The molecule has 1 heterocycles. The lowest BCUT2D eigenvalue weighted by Gasteiger charge is -2.05. The quantitative estimate of drug-likeness (QED) is 0.728. The number of hydrogen-bond donors (Lipinski definition) is 3. The van der Waals surface area contributed by atoms with Gasteiger partial charge in [-0.1, -0.05) is 0 Å². The zero-order valence-electron chi connectivity index (χ0n) is 10.9. The van der Waals surface area contributed by atoms with Crippen molar-refractivity contribution in [1.82, 2.24) is 5.32 Å². The Labute approximate surface area is 119 Å². The van der Waals surface area contributed by atoms with E-state index >= 15 is 0 Å². The molecule has 1 aromatic rings. The van der Waals surface area contributed by atoms with E-state index in [4.69, 9.17) is 5.73 Å². The van der Waals surface area contributed by atoms with Crippen molar-refractivity contribution in [1.29, 1.82) is 0 Å². The van der Waals surface area contributed by atoms with Gasteiger partial charge in [-0.3, -0.25) is 4.79 Å². The van der Waals surface area contributed by atoms with Gasteiger partial charge in [0.1, 0.15) is 14.8 Å². The topological polar surface area (TPSA) is 101 Å². The smallest absolute Gasteiger partial charge is 0.263 e. The van der Waals surface area contributed by atoms with Gasteiger partial charge in [-0.15, -0.1) is 11.3 Å². The maximum atomic E-state index is 12.2. The van der Waals surface area contributed by atoms with Gasteiger partial charge in [-0.05, 0) is 6.92 Å². The molecule has 0 spiro atoms. The number of hydrogen-bond acceptors (Lipinski definition) is 6. The molecule has 0 aliphatic heterocycles. The number of sulfone groups is 1. The predicted octanol–water partition coefficient (Wildman–Crippen LogP) is 1.16. The molecule has 6 nitrogen and oxygen atoms in total. The van der Waals surface area contributed by atoms with Crippen LogP contribution in [0, 0.1) is 0 Å². The Morgan fingerprint density at radius 2 is 2.05 bits per heavy atom. The SMILES string of the molecule is CCNC(=O)c1sc(NCC(F)F)c(S(C)(=O)=O)c1N. The fourth-order valence-corrected chi connectivity index (χ4v) is 3.99. The van der Waals surface area contributed by atoms with E-state index in [1.54, 1.807) is 6.92 Å². The molecular weight excluding hydrogens is 312 g/mol. The molecule has 1 rings (SSSR count). The normalized spacial score (nSPS) is 11.7. The Kier molecular flexibility index (Phi) is 5.28. The molecule has 114 valence electrons. The summed E-state index contributed by atoms with van der Waals surface area (Å²) in [6, 6.07) is 0. The van der Waals surface area contributed by atoms with E-state index in [0.29, 0.717) is 6.54 Å². The van der Waals surface area contributed by atoms with Crippen molar-refractivity contribution in [2.45, 2.75) is 18.2 Å². The molecule has 0 saturated carbocycles. The number of nitrogens with two attached hydrogens (primary N) is 1. The fraction of sp³-hybridized carbons (Fsp3) is 0.500. The maximum absolute atomic E-state index is 12.2. The zero-order chi connectivity index (χ0) is 15.5. The summed E-state index contributed by atoms with van der Waals surface area (Å²) in [5.41, 5.74) is 5.45. The molecular formula is C10H15F2N3O3S2. The molecule has 0 aliphatic carbocycles. The van der Waals surface area contributed by atoms with Crippen molar-refractivity contribution < 1.29 is 22.0 Å². The van der Waals surface area contributed by atoms with Crippen LogP contribution in [0.2, 0.25) is 0 Å². The van der Waals surface area contributed by atoms with Crippen molar-refractivity contribution in [3.05, 3.63) is 4.88 Å². The van der Waals surface area contributed by atoms with Gasteiger partial charge in [0.15, 0.2) is 9.84 Å². The average Bonchev–Trinajstić information content (AvgIpc) is 2.63. The fourth-order valence-electron chi connectivity index (χ4n) is 1.49. The third-order valence-electron chi connectivity index (χ3n) is 2.23. The highest BCUT2D eigenvalue weighted by molar-refractivity contribution is 7.91. The van der Waals surface area contributed by atoms with Crippen molar-refractivity contribution >= 4 is 37.8 Å². The summed E-state index contributed by atoms with van der Waals surface area (Å²) in [7, 11) is -3.74. The molecule has 0 atom stereocenters. The van der Waals surface area contributed by atoms with Crippen LogP contribution in [0.4, 0.5) is 19.5 Å². The highest BCUT2D eigenvalue weighted by atomic mass is 32.2. The van der Waals surface area contributed by atoms with Crippen LogP contribution in [0.15, 0.2) is 4.90 Å². The largest absolute Gasteiger partial charge is 0.396 e. The van der Waals surface area contributed by atoms with Crippen molar-refractivity contribution in [3.8, 4) is 0 Å². The summed E-state index contributed by atoms with van der Waals surface area (Å²) in [5.74, 6) is -0.537. The van der Waals surface area contributed by atoms with Crippen LogP contribution in [0.25, 0.3) is 0 Å². The van der Waals surface area contributed by atoms with E-state index in [1.165, 1.54) is 0 Å². The number of anilines is 2. The number of carbonyl (C=O) groups excluding carboxylic acids is 1. The Balaban J connectivity index is 3.28. The minimum Gasteiger partial charge on any atom is -0.396 e. The second kappa shape index (κ2) is 6.35. The van der Waals surface area contributed by atoms with Gasteiger partial charge in [0.25, 0.3) is 12.3 Å². The number of amides is 1. The Morgan fingerprint density at radius 1 is 1.45 bits per heavy atom. The van der Waals surface area contributed by atoms with Crippen molar-refractivity contribution in [2.75, 3.05) is 30.4 Å². The van der Waals surface area contributed by atoms with Crippen LogP contribution in [0.5, 0.6) is 0 Å². The highest BCUT2D eigenvalue weighted by Crippen LogP contribution is 2.39. The summed E-state index contributed by atoms with van der Waals surface area (Å²) in [6.07, 6.45) is -1.75. The molecule has 0 unspecified atom stereocenters. The van der Waals surface area contributed by atoms with Crippen molar-refractivity contribution in [2.24, 2.45) is 0 Å². The second-order valence-corrected chi connectivity index (χ2v) is 6.88. The minimum absolute atomic E-state index is 0.0101. The van der Waals surface area contributed by atoms with Gasteiger partial charge >= 0.3 is 0 Å². The minimum atomic E-state index is -3.74. The van der Waals surface area contributed by atoms with Gasteiger partial charge in [0.2, 0.25) is 0 Å². The molecule has 1 aromatic heterocycles. The molecule has 10 heteroatoms. The summed E-state index contributed by atoms with van der Waals surface area (Å²) in [6.45, 7) is 1.30. The van der Waals surface area contributed by atoms with Crippen LogP contribution in [0.3, 0.4) is 0 Å². The molecule has 0 aliphatic rings. The van der Waals surface area contributed by atoms with Crippen LogP contribution >= 0.6 is 11.3 Å². The number of nitrogens with one attached hydrogen (secondary N) is 2. The molecule has 1 amide bonds. The van der Waals surface area contributed by atoms with Gasteiger partial charge in [0.05, 0.1) is 12.2 Å². The number of nitrogen functional groups attached to an aromatic ring is 1. The monoisotopic (exact) mass is 327 g/mol. The van der Waals surface area contributed by atoms with E-state index in [9.17, 15) is 22.0 Å². The summed E-state index contributed by atoms with van der Waals surface area (Å²) in [4.78, 5) is 11.4. The number of rotatable bonds is 6. The van der Waals surface area contributed by atoms with E-state index in [-0.39, 0.29) is 20.5 Å². The summed E-state index contributed by atoms with van der Waals surface area (Å²) >= 11 is 0.742. The summed E-state index contributed by atoms with van der Waals surface area (Å²) < 4.78 is 47.8. The lowest BCUT2D eigenvalue weighted by Crippen LogP contribution is -2.22. The number of thiophene rings is 1. The molecule has 0 saturated heterocycles. The molecule has 20 heavy (non-hydrogen) atoms. The Morgan fingerprint density at radius 3 is 2.50 bits per heavy atom. The summed E-state index contributed by atoms with van der Waals surface area (Å²) in [5, 5.41) is 4.74. The predicted molar refractivity (Wildman–Crippen MR) is 74.3 cm³/mol.